The molecular weight excluding hydrogens is 188 g/mol. The number of rotatable bonds is 0. The molecule has 0 unspecified atom stereocenters. The monoisotopic (exact) mass is 193 g/mol. The second-order valence-electron chi connectivity index (χ2n) is 1.48. The second-order valence-corrected chi connectivity index (χ2v) is 3.93. The minimum absolute atomic E-state index is 0.817. The van der Waals surface area contributed by atoms with Crippen molar-refractivity contribution in [3.8, 4) is 0 Å². The number of anilines is 1. The number of nitrogen functional groups attached to an aromatic ring is 1. The topological polar surface area (TPSA) is 29.9 Å². The molecule has 0 saturated carbocycles. The fraction of sp³-hybridized carbons (Fsp3) is 0.250. The predicted octanol–water partition coefficient (Wildman–Crippen LogP) is 0.917. The maximum atomic E-state index is 5.49. The second kappa shape index (κ2) is 2.03. The zero-order valence-electron chi connectivity index (χ0n) is 4.39. The summed E-state index contributed by atoms with van der Waals surface area (Å²) in [5, 5.41) is 0.817. The first-order valence-corrected chi connectivity index (χ1v) is 3.71. The average Bonchev–Trinajstić information content (AvgIpc) is 1.85. The zero-order valence-corrected chi connectivity index (χ0v) is 6.79. The van der Waals surface area contributed by atoms with Crippen LogP contribution in [0.2, 0.25) is 0 Å². The molecular formula is C4H6BrN2S+. The Hall–Kier alpha value is -0.0900. The molecule has 0 aromatic carbocycles. The molecule has 2 nitrogen and oxygen atoms in total. The third-order valence-corrected chi connectivity index (χ3v) is 2.33. The molecule has 0 aliphatic rings. The van der Waals surface area contributed by atoms with E-state index in [9.17, 15) is 0 Å². The van der Waals surface area contributed by atoms with Gasteiger partial charge in [-0.05, 0) is 27.3 Å². The molecule has 0 fully saturated rings. The Kier molecular flexibility index (Phi) is 1.53. The van der Waals surface area contributed by atoms with Crippen molar-refractivity contribution in [3.05, 3.63) is 9.98 Å². The summed E-state index contributed by atoms with van der Waals surface area (Å²) in [6.45, 7) is 0. The van der Waals surface area contributed by atoms with Gasteiger partial charge in [0.25, 0.3) is 0 Å². The van der Waals surface area contributed by atoms with Gasteiger partial charge in [-0.25, -0.2) is 4.57 Å². The van der Waals surface area contributed by atoms with Gasteiger partial charge < -0.3 is 0 Å². The largest absolute Gasteiger partial charge is 0.332 e. The Bertz CT molecular complexity index is 176. The average molecular weight is 194 g/mol. The fourth-order valence-electron chi connectivity index (χ4n) is 0.414. The first-order valence-electron chi connectivity index (χ1n) is 2.10. The number of hydrogen-bond donors (Lipinski definition) is 1. The van der Waals surface area contributed by atoms with Crippen molar-refractivity contribution < 1.29 is 4.57 Å². The molecule has 8 heavy (non-hydrogen) atoms. The van der Waals surface area contributed by atoms with E-state index in [-0.39, 0.29) is 0 Å². The van der Waals surface area contributed by atoms with Gasteiger partial charge in [0.2, 0.25) is 0 Å². The standard InChI is InChI=1S/C4H5BrN2S/c1-7-2-3(5)8-4(7)6/h2,6H,1H3/p+1. The lowest BCUT2D eigenvalue weighted by Crippen LogP contribution is -2.27. The van der Waals surface area contributed by atoms with Crippen molar-refractivity contribution in [1.82, 2.24) is 0 Å². The number of aromatic nitrogens is 1. The van der Waals surface area contributed by atoms with Crippen LogP contribution in [0, 0.1) is 0 Å². The van der Waals surface area contributed by atoms with Gasteiger partial charge in [0.15, 0.2) is 0 Å². The Morgan fingerprint density at radius 2 is 2.50 bits per heavy atom. The van der Waals surface area contributed by atoms with Crippen molar-refractivity contribution in [1.29, 1.82) is 0 Å². The Morgan fingerprint density at radius 1 is 1.88 bits per heavy atom. The summed E-state index contributed by atoms with van der Waals surface area (Å²) in [5.41, 5.74) is 5.49. The van der Waals surface area contributed by atoms with E-state index in [1.54, 1.807) is 0 Å². The molecule has 1 aromatic rings. The van der Waals surface area contributed by atoms with Crippen LogP contribution < -0.4 is 10.3 Å². The maximum absolute atomic E-state index is 5.49. The minimum Gasteiger partial charge on any atom is -0.278 e. The highest BCUT2D eigenvalue weighted by molar-refractivity contribution is 9.11. The SMILES string of the molecule is C[n+]1cc(Br)sc1N. The third kappa shape index (κ3) is 1.00. The van der Waals surface area contributed by atoms with Gasteiger partial charge in [-0.1, -0.05) is 0 Å². The van der Waals surface area contributed by atoms with Crippen LogP contribution in [0.25, 0.3) is 0 Å². The quantitative estimate of drug-likeness (QED) is 0.611. The molecule has 1 aromatic heterocycles. The van der Waals surface area contributed by atoms with Gasteiger partial charge in [-0.15, -0.1) is 0 Å². The molecule has 0 saturated heterocycles. The van der Waals surface area contributed by atoms with Crippen LogP contribution in [-0.2, 0) is 7.05 Å². The number of nitrogens with zero attached hydrogens (tertiary/aromatic N) is 1. The fourth-order valence-corrected chi connectivity index (χ4v) is 1.83. The van der Waals surface area contributed by atoms with Crippen molar-refractivity contribution in [2.24, 2.45) is 7.05 Å². The predicted molar refractivity (Wildman–Crippen MR) is 37.6 cm³/mol. The van der Waals surface area contributed by atoms with E-state index in [1.165, 1.54) is 11.3 Å². The molecule has 44 valence electrons. The van der Waals surface area contributed by atoms with Crippen molar-refractivity contribution >= 4 is 32.4 Å². The van der Waals surface area contributed by atoms with Crippen molar-refractivity contribution in [2.45, 2.75) is 0 Å². The molecule has 0 bridgehead atoms. The van der Waals surface area contributed by atoms with Crippen LogP contribution in [0.15, 0.2) is 9.98 Å². The molecule has 1 heterocycles. The molecule has 1 rings (SSSR count). The molecule has 0 amide bonds. The van der Waals surface area contributed by atoms with Gasteiger partial charge in [-0.2, -0.15) is 0 Å². The zero-order chi connectivity index (χ0) is 6.15. The van der Waals surface area contributed by atoms with E-state index in [2.05, 4.69) is 15.9 Å². The highest BCUT2D eigenvalue weighted by Crippen LogP contribution is 2.17. The third-order valence-electron chi connectivity index (χ3n) is 0.845. The van der Waals surface area contributed by atoms with Crippen LogP contribution in [0.3, 0.4) is 0 Å². The number of thiazole rings is 1. The molecule has 0 atom stereocenters. The Balaban J connectivity index is 3.14. The first kappa shape index (κ1) is 6.04. The van der Waals surface area contributed by atoms with E-state index < -0.39 is 0 Å². The summed E-state index contributed by atoms with van der Waals surface area (Å²) in [6, 6.07) is 0. The summed E-state index contributed by atoms with van der Waals surface area (Å²) in [5.74, 6) is 0. The molecule has 0 aliphatic carbocycles. The maximum Gasteiger partial charge on any atom is 0.332 e. The van der Waals surface area contributed by atoms with Crippen LogP contribution in [0.5, 0.6) is 0 Å². The number of nitrogens with two attached hydrogens (primary N) is 1. The molecule has 0 radical (unpaired) electrons. The minimum atomic E-state index is 0.817. The molecule has 0 aliphatic heterocycles. The highest BCUT2D eigenvalue weighted by Gasteiger charge is 2.02. The van der Waals surface area contributed by atoms with Gasteiger partial charge in [-0.3, -0.25) is 5.73 Å². The van der Waals surface area contributed by atoms with Crippen molar-refractivity contribution in [2.75, 3.05) is 5.73 Å². The smallest absolute Gasteiger partial charge is 0.278 e. The number of aryl methyl sites for hydroxylation is 1. The summed E-state index contributed by atoms with van der Waals surface area (Å²) in [6.07, 6.45) is 1.93. The van der Waals surface area contributed by atoms with E-state index >= 15 is 0 Å². The summed E-state index contributed by atoms with van der Waals surface area (Å²) in [4.78, 5) is 0. The lowest BCUT2D eigenvalue weighted by atomic mass is 10.9. The van der Waals surface area contributed by atoms with E-state index in [0.717, 1.165) is 8.92 Å². The Labute approximate surface area is 60.1 Å². The molecule has 0 spiro atoms. The molecule has 4 heteroatoms. The molecule has 2 N–H and O–H groups in total. The first-order chi connectivity index (χ1) is 3.70. The normalized spacial score (nSPS) is 9.75. The highest BCUT2D eigenvalue weighted by atomic mass is 79.9. The van der Waals surface area contributed by atoms with Gasteiger partial charge in [0.05, 0.1) is 7.05 Å². The lowest BCUT2D eigenvalue weighted by Gasteiger charge is -1.77. The summed E-state index contributed by atoms with van der Waals surface area (Å²) in [7, 11) is 1.91. The Morgan fingerprint density at radius 3 is 2.62 bits per heavy atom. The van der Waals surface area contributed by atoms with Crippen LogP contribution in [0.4, 0.5) is 5.13 Å². The summed E-state index contributed by atoms with van der Waals surface area (Å²) < 4.78 is 2.94. The van der Waals surface area contributed by atoms with E-state index in [1.807, 2.05) is 17.8 Å². The van der Waals surface area contributed by atoms with E-state index in [0.29, 0.717) is 0 Å². The van der Waals surface area contributed by atoms with E-state index in [4.69, 9.17) is 5.73 Å². The van der Waals surface area contributed by atoms with Gasteiger partial charge in [0.1, 0.15) is 9.98 Å². The van der Waals surface area contributed by atoms with Crippen LogP contribution >= 0.6 is 27.3 Å². The summed E-state index contributed by atoms with van der Waals surface area (Å²) >= 11 is 4.83. The number of hydrogen-bond acceptors (Lipinski definition) is 2. The van der Waals surface area contributed by atoms with Gasteiger partial charge >= 0.3 is 5.13 Å². The van der Waals surface area contributed by atoms with Crippen LogP contribution in [0.1, 0.15) is 0 Å². The van der Waals surface area contributed by atoms with Crippen LogP contribution in [-0.4, -0.2) is 0 Å². The number of halogens is 1. The van der Waals surface area contributed by atoms with Gasteiger partial charge in [0, 0.05) is 0 Å². The van der Waals surface area contributed by atoms with Crippen molar-refractivity contribution in [3.63, 3.8) is 0 Å². The lowest BCUT2D eigenvalue weighted by molar-refractivity contribution is -0.652.